The first-order valence-electron chi connectivity index (χ1n) is 8.05. The van der Waals surface area contributed by atoms with E-state index in [1.54, 1.807) is 24.3 Å². The van der Waals surface area contributed by atoms with Crippen LogP contribution in [0.3, 0.4) is 0 Å². The van der Waals surface area contributed by atoms with E-state index in [9.17, 15) is 9.59 Å². The Morgan fingerprint density at radius 1 is 0.923 bits per heavy atom. The lowest BCUT2D eigenvalue weighted by molar-refractivity contribution is 0.0555. The molecule has 0 bridgehead atoms. The van der Waals surface area contributed by atoms with E-state index in [4.69, 9.17) is 21.1 Å². The molecule has 0 radical (unpaired) electrons. The second-order valence-electron chi connectivity index (χ2n) is 6.81. The summed E-state index contributed by atoms with van der Waals surface area (Å²) in [7, 11) is 2.54. The molecule has 0 aliphatic heterocycles. The zero-order valence-electron chi connectivity index (χ0n) is 15.5. The number of nitrogens with one attached hydrogen (secondary N) is 1. The quantitative estimate of drug-likeness (QED) is 0.778. The van der Waals surface area contributed by atoms with Gasteiger partial charge in [0.15, 0.2) is 0 Å². The summed E-state index contributed by atoms with van der Waals surface area (Å²) in [6.45, 7) is 6.01. The summed E-state index contributed by atoms with van der Waals surface area (Å²) in [4.78, 5) is 24.4. The lowest BCUT2D eigenvalue weighted by Crippen LogP contribution is -2.27. The fourth-order valence-corrected chi connectivity index (χ4v) is 2.66. The molecule has 0 atom stereocenters. The topological polar surface area (TPSA) is 64.6 Å². The van der Waals surface area contributed by atoms with Crippen LogP contribution in [-0.2, 0) is 9.47 Å². The van der Waals surface area contributed by atoms with E-state index in [0.717, 1.165) is 11.1 Å². The first-order valence-corrected chi connectivity index (χ1v) is 8.43. The minimum atomic E-state index is -0.608. The van der Waals surface area contributed by atoms with Crippen molar-refractivity contribution in [3.05, 3.63) is 52.5 Å². The van der Waals surface area contributed by atoms with E-state index in [1.807, 2.05) is 32.9 Å². The molecule has 26 heavy (non-hydrogen) atoms. The molecule has 0 aliphatic rings. The van der Waals surface area contributed by atoms with Gasteiger partial charge in [-0.25, -0.2) is 9.59 Å². The van der Waals surface area contributed by atoms with Gasteiger partial charge >= 0.3 is 11.9 Å². The summed E-state index contributed by atoms with van der Waals surface area (Å²) < 4.78 is 9.66. The highest BCUT2D eigenvalue weighted by atomic mass is 35.5. The molecular formula is C20H22ClNO4. The van der Waals surface area contributed by atoms with Gasteiger partial charge in [0.05, 0.1) is 25.3 Å². The van der Waals surface area contributed by atoms with Crippen LogP contribution in [0.15, 0.2) is 36.4 Å². The van der Waals surface area contributed by atoms with Crippen molar-refractivity contribution >= 4 is 29.2 Å². The molecule has 2 aromatic carbocycles. The van der Waals surface area contributed by atoms with Crippen LogP contribution in [0, 0.1) is 0 Å². The summed E-state index contributed by atoms with van der Waals surface area (Å²) in [6, 6.07) is 10.5. The number of carbonyl (C=O) groups is 2. The third-order valence-electron chi connectivity index (χ3n) is 3.63. The largest absolute Gasteiger partial charge is 0.465 e. The van der Waals surface area contributed by atoms with Crippen molar-refractivity contribution in [1.29, 1.82) is 0 Å². The average molecular weight is 376 g/mol. The number of anilines is 1. The normalized spacial score (nSPS) is 11.0. The van der Waals surface area contributed by atoms with Crippen LogP contribution in [0.2, 0.25) is 5.02 Å². The van der Waals surface area contributed by atoms with E-state index < -0.39 is 11.9 Å². The van der Waals surface area contributed by atoms with Crippen molar-refractivity contribution < 1.29 is 19.1 Å². The number of esters is 2. The van der Waals surface area contributed by atoms with Crippen molar-refractivity contribution in [3.63, 3.8) is 0 Å². The molecule has 0 fully saturated rings. The van der Waals surface area contributed by atoms with Crippen LogP contribution in [0.1, 0.15) is 41.5 Å². The number of carbonyl (C=O) groups excluding carboxylic acids is 2. The Labute approximate surface area is 158 Å². The molecule has 0 saturated carbocycles. The monoisotopic (exact) mass is 375 g/mol. The number of halogens is 1. The van der Waals surface area contributed by atoms with Gasteiger partial charge < -0.3 is 14.8 Å². The Balaban J connectivity index is 2.75. The zero-order valence-corrected chi connectivity index (χ0v) is 16.2. The van der Waals surface area contributed by atoms with E-state index in [2.05, 4.69) is 5.32 Å². The molecule has 0 unspecified atom stereocenters. The molecule has 0 saturated heterocycles. The van der Waals surface area contributed by atoms with Crippen LogP contribution >= 0.6 is 11.6 Å². The molecule has 0 aliphatic carbocycles. The van der Waals surface area contributed by atoms with Gasteiger partial charge in [-0.15, -0.1) is 0 Å². The maximum absolute atomic E-state index is 12.2. The standard InChI is InChI=1S/C20H22ClNO4/c1-20(2,3)22-17-11-16(19(24)26-5)15(18(23)25-4)10-14(17)12-6-8-13(21)9-7-12/h6-11,22H,1-5H3. The number of benzene rings is 2. The minimum absolute atomic E-state index is 0.142. The molecule has 0 amide bonds. The molecule has 0 aromatic heterocycles. The molecule has 2 aromatic rings. The Hall–Kier alpha value is -2.53. The van der Waals surface area contributed by atoms with Crippen LogP contribution in [0.4, 0.5) is 5.69 Å². The minimum Gasteiger partial charge on any atom is -0.465 e. The Bertz CT molecular complexity index is 823. The van der Waals surface area contributed by atoms with E-state index >= 15 is 0 Å². The second-order valence-corrected chi connectivity index (χ2v) is 7.24. The van der Waals surface area contributed by atoms with E-state index in [-0.39, 0.29) is 16.7 Å². The zero-order chi connectivity index (χ0) is 19.5. The molecule has 0 spiro atoms. The lowest BCUT2D eigenvalue weighted by atomic mass is 9.95. The highest BCUT2D eigenvalue weighted by Crippen LogP contribution is 2.34. The van der Waals surface area contributed by atoms with Gasteiger partial charge in [0, 0.05) is 21.8 Å². The smallest absolute Gasteiger partial charge is 0.338 e. The summed E-state index contributed by atoms with van der Waals surface area (Å²) in [5, 5.41) is 3.98. The van der Waals surface area contributed by atoms with Gasteiger partial charge in [0.1, 0.15) is 0 Å². The van der Waals surface area contributed by atoms with E-state index in [1.165, 1.54) is 14.2 Å². The molecule has 138 valence electrons. The Morgan fingerprint density at radius 2 is 1.42 bits per heavy atom. The summed E-state index contributed by atoms with van der Waals surface area (Å²) in [5.74, 6) is -1.21. The Kier molecular flexibility index (Phi) is 5.93. The SMILES string of the molecule is COC(=O)c1cc(NC(C)(C)C)c(-c2ccc(Cl)cc2)cc1C(=O)OC. The fraction of sp³-hybridized carbons (Fsp3) is 0.300. The number of rotatable bonds is 4. The highest BCUT2D eigenvalue weighted by Gasteiger charge is 2.23. The predicted molar refractivity (Wildman–Crippen MR) is 103 cm³/mol. The average Bonchev–Trinajstić information content (AvgIpc) is 2.59. The van der Waals surface area contributed by atoms with Crippen molar-refractivity contribution in [3.8, 4) is 11.1 Å². The van der Waals surface area contributed by atoms with Crippen molar-refractivity contribution in [2.24, 2.45) is 0 Å². The Morgan fingerprint density at radius 3 is 1.88 bits per heavy atom. The van der Waals surface area contributed by atoms with E-state index in [0.29, 0.717) is 10.7 Å². The number of ether oxygens (including phenoxy) is 2. The van der Waals surface area contributed by atoms with Crippen LogP contribution in [0.25, 0.3) is 11.1 Å². The molecule has 6 heteroatoms. The molecule has 5 nitrogen and oxygen atoms in total. The first-order chi connectivity index (χ1) is 12.2. The maximum atomic E-state index is 12.2. The van der Waals surface area contributed by atoms with Gasteiger partial charge in [-0.1, -0.05) is 23.7 Å². The van der Waals surface area contributed by atoms with Gasteiger partial charge in [-0.3, -0.25) is 0 Å². The van der Waals surface area contributed by atoms with Gasteiger partial charge in [-0.05, 0) is 50.6 Å². The number of hydrogen-bond donors (Lipinski definition) is 1. The molecule has 2 rings (SSSR count). The highest BCUT2D eigenvalue weighted by molar-refractivity contribution is 6.30. The van der Waals surface area contributed by atoms with Crippen LogP contribution in [0.5, 0.6) is 0 Å². The third-order valence-corrected chi connectivity index (χ3v) is 3.89. The summed E-state index contributed by atoms with van der Waals surface area (Å²) in [5.41, 5.74) is 2.33. The van der Waals surface area contributed by atoms with Gasteiger partial charge in [0.25, 0.3) is 0 Å². The predicted octanol–water partition coefficient (Wildman–Crippen LogP) is 4.79. The van der Waals surface area contributed by atoms with Crippen molar-refractivity contribution in [2.45, 2.75) is 26.3 Å². The van der Waals surface area contributed by atoms with Crippen LogP contribution in [-0.4, -0.2) is 31.7 Å². The third kappa shape index (κ3) is 4.55. The fourth-order valence-electron chi connectivity index (χ4n) is 2.53. The lowest BCUT2D eigenvalue weighted by Gasteiger charge is -2.25. The summed E-state index contributed by atoms with van der Waals surface area (Å²) >= 11 is 5.98. The van der Waals surface area contributed by atoms with Crippen molar-refractivity contribution in [1.82, 2.24) is 0 Å². The second kappa shape index (κ2) is 7.79. The molecule has 1 N–H and O–H groups in total. The van der Waals surface area contributed by atoms with Gasteiger partial charge in [-0.2, -0.15) is 0 Å². The number of hydrogen-bond acceptors (Lipinski definition) is 5. The number of methoxy groups -OCH3 is 2. The van der Waals surface area contributed by atoms with Crippen molar-refractivity contribution in [2.75, 3.05) is 19.5 Å². The van der Waals surface area contributed by atoms with Gasteiger partial charge in [0.2, 0.25) is 0 Å². The first kappa shape index (κ1) is 19.8. The van der Waals surface area contributed by atoms with Crippen LogP contribution < -0.4 is 5.32 Å². The molecule has 0 heterocycles. The maximum Gasteiger partial charge on any atom is 0.338 e. The summed E-state index contributed by atoms with van der Waals surface area (Å²) in [6.07, 6.45) is 0. The molecular weight excluding hydrogens is 354 g/mol.